The molecule has 1 saturated heterocycles. The van der Waals surface area contributed by atoms with Crippen LogP contribution in [-0.4, -0.2) is 41.8 Å². The van der Waals surface area contributed by atoms with Gasteiger partial charge in [0, 0.05) is 6.42 Å². The van der Waals surface area contributed by atoms with Crippen LogP contribution in [0, 0.1) is 35.5 Å². The first-order valence-corrected chi connectivity index (χ1v) is 12.0. The molecule has 2 aromatic carbocycles. The van der Waals surface area contributed by atoms with E-state index in [-0.39, 0.29) is 47.7 Å². The van der Waals surface area contributed by atoms with Gasteiger partial charge in [-0.05, 0) is 59.9 Å². The van der Waals surface area contributed by atoms with Crippen molar-refractivity contribution in [3.05, 3.63) is 77.9 Å². The van der Waals surface area contributed by atoms with Crippen LogP contribution in [-0.2, 0) is 25.5 Å². The number of rotatable bonds is 6. The zero-order chi connectivity index (χ0) is 24.3. The summed E-state index contributed by atoms with van der Waals surface area (Å²) in [6, 6.07) is 14.2. The number of amides is 2. The Hall–Kier alpha value is -3.74. The van der Waals surface area contributed by atoms with Crippen LogP contribution in [0.1, 0.15) is 22.3 Å². The van der Waals surface area contributed by atoms with Crippen molar-refractivity contribution in [3.8, 4) is 5.75 Å². The van der Waals surface area contributed by atoms with Crippen LogP contribution in [0.5, 0.6) is 5.75 Å². The molecular weight excluding hydrogens is 446 g/mol. The van der Waals surface area contributed by atoms with Crippen molar-refractivity contribution in [3.63, 3.8) is 0 Å². The number of ether oxygens (including phenoxy) is 2. The van der Waals surface area contributed by atoms with Crippen LogP contribution < -0.4 is 4.74 Å². The number of allylic oxidation sites excluding steroid dienone is 2. The van der Waals surface area contributed by atoms with Crippen molar-refractivity contribution in [2.45, 2.75) is 18.9 Å². The molecule has 0 aromatic heterocycles. The minimum absolute atomic E-state index is 0.0794. The second-order valence-corrected chi connectivity index (χ2v) is 9.84. The Morgan fingerprint density at radius 2 is 1.51 bits per heavy atom. The van der Waals surface area contributed by atoms with Gasteiger partial charge in [-0.2, -0.15) is 0 Å². The summed E-state index contributed by atoms with van der Waals surface area (Å²) in [4.78, 5) is 53.6. The van der Waals surface area contributed by atoms with Gasteiger partial charge in [0.1, 0.15) is 11.8 Å². The molecule has 7 nitrogen and oxygen atoms in total. The normalized spacial score (nSPS) is 30.5. The van der Waals surface area contributed by atoms with Crippen molar-refractivity contribution < 1.29 is 28.7 Å². The zero-order valence-electron chi connectivity index (χ0n) is 19.2. The molecule has 0 unspecified atom stereocenters. The van der Waals surface area contributed by atoms with Gasteiger partial charge in [0.2, 0.25) is 11.8 Å². The lowest BCUT2D eigenvalue weighted by Crippen LogP contribution is -2.48. The lowest BCUT2D eigenvalue weighted by Gasteiger charge is -2.37. The third kappa shape index (κ3) is 3.49. The number of nitrogens with zero attached hydrogens (tertiary/aromatic N) is 1. The van der Waals surface area contributed by atoms with Gasteiger partial charge in [-0.25, -0.2) is 9.59 Å². The molecule has 0 radical (unpaired) electrons. The van der Waals surface area contributed by atoms with Gasteiger partial charge in [0.25, 0.3) is 0 Å². The first-order chi connectivity index (χ1) is 17.0. The van der Waals surface area contributed by atoms with Gasteiger partial charge < -0.3 is 9.47 Å². The van der Waals surface area contributed by atoms with Crippen LogP contribution in [0.4, 0.5) is 0 Å². The number of methoxy groups -OCH3 is 1. The summed E-state index contributed by atoms with van der Waals surface area (Å²) in [6.07, 6.45) is 5.48. The molecule has 7 heteroatoms. The summed E-state index contributed by atoms with van der Waals surface area (Å²) < 4.78 is 10.3. The van der Waals surface area contributed by atoms with Crippen LogP contribution in [0.25, 0.3) is 0 Å². The lowest BCUT2D eigenvalue weighted by atomic mass is 9.63. The second kappa shape index (κ2) is 8.18. The number of hydrogen-bond acceptors (Lipinski definition) is 6. The third-order valence-corrected chi connectivity index (χ3v) is 8.05. The quantitative estimate of drug-likeness (QED) is 0.278. The van der Waals surface area contributed by atoms with Gasteiger partial charge in [-0.15, -0.1) is 0 Å². The maximum atomic E-state index is 13.7. The molecule has 3 fully saturated rings. The smallest absolute Gasteiger partial charge is 0.337 e. The van der Waals surface area contributed by atoms with E-state index in [1.807, 2.05) is 30.3 Å². The maximum Gasteiger partial charge on any atom is 0.337 e. The van der Waals surface area contributed by atoms with Gasteiger partial charge in [-0.1, -0.05) is 42.5 Å². The van der Waals surface area contributed by atoms with Gasteiger partial charge >= 0.3 is 11.9 Å². The third-order valence-electron chi connectivity index (χ3n) is 8.05. The second-order valence-electron chi connectivity index (χ2n) is 9.84. The van der Waals surface area contributed by atoms with Crippen LogP contribution in [0.3, 0.4) is 0 Å². The molecular formula is C28H25NO6. The van der Waals surface area contributed by atoms with E-state index < -0.39 is 18.0 Å². The Bertz CT molecular complexity index is 1200. The minimum atomic E-state index is -1.07. The summed E-state index contributed by atoms with van der Waals surface area (Å²) in [5, 5.41) is 0. The van der Waals surface area contributed by atoms with Crippen LogP contribution in [0.15, 0.2) is 66.7 Å². The number of hydrogen-bond donors (Lipinski definition) is 0. The number of likely N-dealkylation sites (tertiary alicyclic amines) is 1. The van der Waals surface area contributed by atoms with Crippen molar-refractivity contribution >= 4 is 23.8 Å². The predicted molar refractivity (Wildman–Crippen MR) is 124 cm³/mol. The highest BCUT2D eigenvalue weighted by Crippen LogP contribution is 2.65. The summed E-state index contributed by atoms with van der Waals surface area (Å²) in [5.74, 6) is -1.11. The predicted octanol–water partition coefficient (Wildman–Crippen LogP) is 3.04. The van der Waals surface area contributed by atoms with Crippen molar-refractivity contribution in [2.24, 2.45) is 35.5 Å². The Morgan fingerprint density at radius 1 is 0.914 bits per heavy atom. The molecule has 4 aliphatic carbocycles. The van der Waals surface area contributed by atoms with E-state index in [9.17, 15) is 19.2 Å². The highest BCUT2D eigenvalue weighted by Gasteiger charge is 2.68. The molecule has 7 atom stereocenters. The Morgan fingerprint density at radius 3 is 2.09 bits per heavy atom. The topological polar surface area (TPSA) is 90.0 Å². The van der Waals surface area contributed by atoms with Gasteiger partial charge in [0.15, 0.2) is 0 Å². The Balaban J connectivity index is 1.29. The summed E-state index contributed by atoms with van der Waals surface area (Å²) >= 11 is 0. The van der Waals surface area contributed by atoms with Crippen molar-refractivity contribution in [1.29, 1.82) is 0 Å². The molecule has 2 aromatic rings. The molecule has 1 heterocycles. The Labute approximate surface area is 202 Å². The number of carbonyl (C=O) groups excluding carboxylic acids is 4. The van der Waals surface area contributed by atoms with E-state index in [0.717, 1.165) is 12.0 Å². The molecule has 2 saturated carbocycles. The van der Waals surface area contributed by atoms with E-state index in [1.165, 1.54) is 36.3 Å². The van der Waals surface area contributed by atoms with Crippen molar-refractivity contribution in [1.82, 2.24) is 4.90 Å². The molecule has 0 N–H and O–H groups in total. The Kier molecular flexibility index (Phi) is 5.09. The minimum Gasteiger partial charge on any atom is -0.465 e. The molecule has 0 spiro atoms. The standard InChI is InChI=1S/C28H25NO6/c1-34-27(32)16-7-9-17(10-8-16)35-28(33)22(13-15-5-3-2-4-6-15)29-25(30)23-18-11-12-19(21-14-20(18)21)24(23)26(29)31/h2-12,18-24H,13-14H2,1H3/t18-,19-,20-,21-,22-,23+,24+/m1/s1. The lowest BCUT2D eigenvalue weighted by molar-refractivity contribution is -0.153. The van der Waals surface area contributed by atoms with Crippen LogP contribution in [0.2, 0.25) is 0 Å². The largest absolute Gasteiger partial charge is 0.465 e. The van der Waals surface area contributed by atoms with Gasteiger partial charge in [0.05, 0.1) is 24.5 Å². The molecule has 5 aliphatic rings. The zero-order valence-corrected chi connectivity index (χ0v) is 19.2. The van der Waals surface area contributed by atoms with Crippen LogP contribution >= 0.6 is 0 Å². The molecule has 178 valence electrons. The highest BCUT2D eigenvalue weighted by atomic mass is 16.5. The number of imide groups is 1. The fourth-order valence-electron chi connectivity index (χ4n) is 6.37. The van der Waals surface area contributed by atoms with E-state index >= 15 is 0 Å². The molecule has 2 amide bonds. The molecule has 1 aliphatic heterocycles. The molecule has 2 bridgehead atoms. The van der Waals surface area contributed by atoms with Crippen molar-refractivity contribution in [2.75, 3.05) is 7.11 Å². The molecule has 7 rings (SSSR count). The highest BCUT2D eigenvalue weighted by molar-refractivity contribution is 6.09. The van der Waals surface area contributed by atoms with E-state index in [4.69, 9.17) is 9.47 Å². The number of benzene rings is 2. The summed E-state index contributed by atoms with van der Waals surface area (Å²) in [5.41, 5.74) is 1.15. The van der Waals surface area contributed by atoms with E-state index in [0.29, 0.717) is 17.4 Å². The molecule has 35 heavy (non-hydrogen) atoms. The number of esters is 2. The first-order valence-electron chi connectivity index (χ1n) is 12.0. The number of carbonyl (C=O) groups is 4. The van der Waals surface area contributed by atoms with Gasteiger partial charge in [-0.3, -0.25) is 14.5 Å². The van der Waals surface area contributed by atoms with E-state index in [1.54, 1.807) is 0 Å². The average Bonchev–Trinajstić information content (AvgIpc) is 3.67. The first kappa shape index (κ1) is 21.8. The SMILES string of the molecule is COC(=O)c1ccc(OC(=O)[C@@H](Cc2ccccc2)N2C(=O)[C@H]3[C@@H]4C=C[C@H]([C@H]5C[C@H]45)[C@@H]3C2=O)cc1. The van der Waals surface area contributed by atoms with E-state index in [2.05, 4.69) is 12.2 Å². The average molecular weight is 472 g/mol. The fourth-order valence-corrected chi connectivity index (χ4v) is 6.37. The summed E-state index contributed by atoms with van der Waals surface area (Å²) in [7, 11) is 1.29. The monoisotopic (exact) mass is 471 g/mol. The summed E-state index contributed by atoms with van der Waals surface area (Å²) in [6.45, 7) is 0. The maximum absolute atomic E-state index is 13.7. The fraction of sp³-hybridized carbons (Fsp3) is 0.357.